The average molecular weight is 254 g/mol. The zero-order chi connectivity index (χ0) is 13.8. The molecule has 0 aliphatic carbocycles. The second-order valence-corrected chi connectivity index (χ2v) is 4.67. The Morgan fingerprint density at radius 1 is 1.11 bits per heavy atom. The van der Waals surface area contributed by atoms with E-state index in [1.807, 2.05) is 56.3 Å². The largest absolute Gasteiger partial charge is 0.326 e. The van der Waals surface area contributed by atoms with Crippen molar-refractivity contribution in [3.05, 3.63) is 64.7 Å². The molecular weight excluding hydrogens is 236 g/mol. The first kappa shape index (κ1) is 13.3. The molecule has 0 bridgehead atoms. The van der Waals surface area contributed by atoms with Gasteiger partial charge in [-0.25, -0.2) is 0 Å². The van der Waals surface area contributed by atoms with Crippen LogP contribution in [0, 0.1) is 13.8 Å². The molecule has 3 heteroatoms. The van der Waals surface area contributed by atoms with Crippen LogP contribution in [0.25, 0.3) is 0 Å². The Balaban J connectivity index is 2.18. The molecule has 0 saturated carbocycles. The van der Waals surface area contributed by atoms with Crippen molar-refractivity contribution in [2.75, 3.05) is 5.32 Å². The topological polar surface area (TPSA) is 55.1 Å². The number of amides is 1. The lowest BCUT2D eigenvalue weighted by molar-refractivity contribution is 0.102. The molecule has 0 aromatic heterocycles. The quantitative estimate of drug-likeness (QED) is 0.884. The Morgan fingerprint density at radius 3 is 2.42 bits per heavy atom. The molecular formula is C16H18N2O. The van der Waals surface area contributed by atoms with Crippen molar-refractivity contribution >= 4 is 11.6 Å². The van der Waals surface area contributed by atoms with Gasteiger partial charge in [0.25, 0.3) is 5.91 Å². The van der Waals surface area contributed by atoms with Crippen molar-refractivity contribution in [3.8, 4) is 0 Å². The van der Waals surface area contributed by atoms with Crippen LogP contribution >= 0.6 is 0 Å². The van der Waals surface area contributed by atoms with Crippen molar-refractivity contribution in [1.29, 1.82) is 0 Å². The summed E-state index contributed by atoms with van der Waals surface area (Å²) < 4.78 is 0. The summed E-state index contributed by atoms with van der Waals surface area (Å²) in [7, 11) is 0. The van der Waals surface area contributed by atoms with Crippen LogP contribution in [0.5, 0.6) is 0 Å². The van der Waals surface area contributed by atoms with Crippen LogP contribution in [0.15, 0.2) is 42.5 Å². The van der Waals surface area contributed by atoms with Gasteiger partial charge in [0.05, 0.1) is 0 Å². The van der Waals surface area contributed by atoms with Crippen molar-refractivity contribution in [1.82, 2.24) is 0 Å². The van der Waals surface area contributed by atoms with Crippen molar-refractivity contribution < 1.29 is 4.79 Å². The lowest BCUT2D eigenvalue weighted by Gasteiger charge is -2.09. The maximum absolute atomic E-state index is 12.2. The third-order valence-corrected chi connectivity index (χ3v) is 3.09. The Labute approximate surface area is 113 Å². The molecule has 0 aliphatic heterocycles. The van der Waals surface area contributed by atoms with E-state index in [0.29, 0.717) is 12.1 Å². The minimum atomic E-state index is -0.0818. The summed E-state index contributed by atoms with van der Waals surface area (Å²) >= 11 is 0. The van der Waals surface area contributed by atoms with Gasteiger partial charge >= 0.3 is 0 Å². The van der Waals surface area contributed by atoms with Gasteiger partial charge in [-0.1, -0.05) is 29.8 Å². The van der Waals surface area contributed by atoms with Crippen molar-refractivity contribution in [3.63, 3.8) is 0 Å². The average Bonchev–Trinajstić information content (AvgIpc) is 2.42. The summed E-state index contributed by atoms with van der Waals surface area (Å²) in [5.74, 6) is -0.0818. The fraction of sp³-hybridized carbons (Fsp3) is 0.188. The molecule has 0 spiro atoms. The minimum absolute atomic E-state index is 0.0818. The molecule has 2 rings (SSSR count). The zero-order valence-electron chi connectivity index (χ0n) is 11.2. The van der Waals surface area contributed by atoms with Gasteiger partial charge < -0.3 is 11.1 Å². The number of carbonyl (C=O) groups is 1. The molecule has 3 nitrogen and oxygen atoms in total. The molecule has 0 unspecified atom stereocenters. The van der Waals surface area contributed by atoms with E-state index in [2.05, 4.69) is 5.32 Å². The Bertz CT molecular complexity index is 588. The molecule has 3 N–H and O–H groups in total. The summed E-state index contributed by atoms with van der Waals surface area (Å²) in [6.07, 6.45) is 0. The summed E-state index contributed by atoms with van der Waals surface area (Å²) in [6.45, 7) is 4.42. The lowest BCUT2D eigenvalue weighted by atomic mass is 10.0. The maximum Gasteiger partial charge on any atom is 0.255 e. The van der Waals surface area contributed by atoms with Gasteiger partial charge in [0.1, 0.15) is 0 Å². The number of nitrogens with two attached hydrogens (primary N) is 1. The Hall–Kier alpha value is -2.13. The fourth-order valence-corrected chi connectivity index (χ4v) is 1.90. The molecule has 2 aromatic rings. The molecule has 0 radical (unpaired) electrons. The monoisotopic (exact) mass is 254 g/mol. The van der Waals surface area contributed by atoms with Gasteiger partial charge in [0.15, 0.2) is 0 Å². The number of rotatable bonds is 3. The second kappa shape index (κ2) is 5.67. The van der Waals surface area contributed by atoms with Crippen LogP contribution in [-0.4, -0.2) is 5.91 Å². The van der Waals surface area contributed by atoms with E-state index in [4.69, 9.17) is 5.73 Å². The van der Waals surface area contributed by atoms with Crippen LogP contribution in [-0.2, 0) is 6.54 Å². The van der Waals surface area contributed by atoms with Crippen LogP contribution in [0.3, 0.4) is 0 Å². The van der Waals surface area contributed by atoms with E-state index >= 15 is 0 Å². The number of aryl methyl sites for hydroxylation is 2. The van der Waals surface area contributed by atoms with Gasteiger partial charge in [-0.05, 0) is 43.2 Å². The predicted octanol–water partition coefficient (Wildman–Crippen LogP) is 3.01. The number of hydrogen-bond acceptors (Lipinski definition) is 2. The summed E-state index contributed by atoms with van der Waals surface area (Å²) in [5, 5.41) is 2.90. The number of anilines is 1. The molecule has 19 heavy (non-hydrogen) atoms. The minimum Gasteiger partial charge on any atom is -0.326 e. The first-order valence-electron chi connectivity index (χ1n) is 6.28. The van der Waals surface area contributed by atoms with E-state index in [9.17, 15) is 4.79 Å². The molecule has 0 atom stereocenters. The highest BCUT2D eigenvalue weighted by Gasteiger charge is 2.09. The number of nitrogens with one attached hydrogen (secondary N) is 1. The molecule has 0 saturated heterocycles. The number of carbonyl (C=O) groups excluding carboxylic acids is 1. The second-order valence-electron chi connectivity index (χ2n) is 4.67. The SMILES string of the molecule is Cc1ccc(C)c(C(=O)Nc2ccc(CN)cc2)c1. The lowest BCUT2D eigenvalue weighted by Crippen LogP contribution is -2.13. The van der Waals surface area contributed by atoms with Gasteiger partial charge in [-0.15, -0.1) is 0 Å². The van der Waals surface area contributed by atoms with Gasteiger partial charge in [0.2, 0.25) is 0 Å². The van der Waals surface area contributed by atoms with E-state index in [-0.39, 0.29) is 5.91 Å². The molecule has 0 fully saturated rings. The van der Waals surface area contributed by atoms with Gasteiger partial charge in [-0.2, -0.15) is 0 Å². The molecule has 0 aliphatic rings. The molecule has 2 aromatic carbocycles. The number of benzene rings is 2. The number of hydrogen-bond donors (Lipinski definition) is 2. The summed E-state index contributed by atoms with van der Waals surface area (Å²) in [5.41, 5.74) is 10.1. The van der Waals surface area contributed by atoms with Gasteiger partial charge in [-0.3, -0.25) is 4.79 Å². The van der Waals surface area contributed by atoms with Crippen LogP contribution < -0.4 is 11.1 Å². The van der Waals surface area contributed by atoms with E-state index < -0.39 is 0 Å². The van der Waals surface area contributed by atoms with E-state index in [0.717, 1.165) is 22.4 Å². The fourth-order valence-electron chi connectivity index (χ4n) is 1.90. The third kappa shape index (κ3) is 3.20. The Morgan fingerprint density at radius 2 is 1.79 bits per heavy atom. The Kier molecular flexibility index (Phi) is 3.97. The molecule has 98 valence electrons. The standard InChI is InChI=1S/C16H18N2O/c1-11-3-4-12(2)15(9-11)16(19)18-14-7-5-13(10-17)6-8-14/h3-9H,10,17H2,1-2H3,(H,18,19). The van der Waals surface area contributed by atoms with Gasteiger partial charge in [0, 0.05) is 17.8 Å². The maximum atomic E-state index is 12.2. The first-order chi connectivity index (χ1) is 9.10. The summed E-state index contributed by atoms with van der Waals surface area (Å²) in [6, 6.07) is 13.4. The van der Waals surface area contributed by atoms with E-state index in [1.54, 1.807) is 0 Å². The highest BCUT2D eigenvalue weighted by molar-refractivity contribution is 6.05. The van der Waals surface area contributed by atoms with Crippen molar-refractivity contribution in [2.45, 2.75) is 20.4 Å². The van der Waals surface area contributed by atoms with Crippen LogP contribution in [0.1, 0.15) is 27.0 Å². The van der Waals surface area contributed by atoms with E-state index in [1.165, 1.54) is 0 Å². The summed E-state index contributed by atoms with van der Waals surface area (Å²) in [4.78, 5) is 12.2. The van der Waals surface area contributed by atoms with Crippen LogP contribution in [0.4, 0.5) is 5.69 Å². The molecule has 1 amide bonds. The first-order valence-corrected chi connectivity index (χ1v) is 6.28. The highest BCUT2D eigenvalue weighted by atomic mass is 16.1. The highest BCUT2D eigenvalue weighted by Crippen LogP contribution is 2.14. The van der Waals surface area contributed by atoms with Crippen molar-refractivity contribution in [2.24, 2.45) is 5.73 Å². The smallest absolute Gasteiger partial charge is 0.255 e. The van der Waals surface area contributed by atoms with Crippen LogP contribution in [0.2, 0.25) is 0 Å². The third-order valence-electron chi connectivity index (χ3n) is 3.09. The zero-order valence-corrected chi connectivity index (χ0v) is 11.2. The predicted molar refractivity (Wildman–Crippen MR) is 78.2 cm³/mol. The normalized spacial score (nSPS) is 10.3. The molecule has 0 heterocycles.